The van der Waals surface area contributed by atoms with Crippen LogP contribution < -0.4 is 10.2 Å². The van der Waals surface area contributed by atoms with Crippen molar-refractivity contribution in [2.75, 3.05) is 24.5 Å². The predicted molar refractivity (Wildman–Crippen MR) is 86.2 cm³/mol. The summed E-state index contributed by atoms with van der Waals surface area (Å²) in [4.78, 5) is 7.91. The summed E-state index contributed by atoms with van der Waals surface area (Å²) < 4.78 is 0. The van der Waals surface area contributed by atoms with Crippen molar-refractivity contribution < 1.29 is 0 Å². The van der Waals surface area contributed by atoms with Gasteiger partial charge in [-0.15, -0.1) is 16.4 Å². The zero-order chi connectivity index (χ0) is 14.4. The van der Waals surface area contributed by atoms with Crippen LogP contribution in [0, 0.1) is 12.8 Å². The van der Waals surface area contributed by atoms with Gasteiger partial charge in [0.25, 0.3) is 0 Å². The van der Waals surface area contributed by atoms with E-state index in [1.807, 2.05) is 12.3 Å². The van der Waals surface area contributed by atoms with Gasteiger partial charge < -0.3 is 10.2 Å². The van der Waals surface area contributed by atoms with Crippen LogP contribution in [0.25, 0.3) is 10.7 Å². The van der Waals surface area contributed by atoms with E-state index in [4.69, 9.17) is 11.6 Å². The van der Waals surface area contributed by atoms with Crippen LogP contribution in [0.1, 0.15) is 18.4 Å². The lowest BCUT2D eigenvalue weighted by Gasteiger charge is -2.24. The number of nitrogens with zero attached hydrogens (tertiary/aromatic N) is 3. The molecule has 2 aromatic rings. The van der Waals surface area contributed by atoms with Gasteiger partial charge in [0.15, 0.2) is 5.82 Å². The molecule has 0 saturated carbocycles. The summed E-state index contributed by atoms with van der Waals surface area (Å²) in [6, 6.07) is 0.591. The summed E-state index contributed by atoms with van der Waals surface area (Å²) in [6.45, 7) is 5.19. The minimum Gasteiger partial charge on any atom is -0.338 e. The van der Waals surface area contributed by atoms with Gasteiger partial charge in [-0.3, -0.25) is 5.10 Å². The highest BCUT2D eigenvalue weighted by Gasteiger charge is 2.35. The molecule has 2 aliphatic heterocycles. The maximum absolute atomic E-state index is 6.31. The Morgan fingerprint density at radius 1 is 1.43 bits per heavy atom. The second-order valence-corrected chi connectivity index (χ2v) is 7.17. The third-order valence-electron chi connectivity index (χ3n) is 4.47. The van der Waals surface area contributed by atoms with Gasteiger partial charge in [0, 0.05) is 19.1 Å². The van der Waals surface area contributed by atoms with Crippen LogP contribution in [0.2, 0.25) is 5.02 Å². The van der Waals surface area contributed by atoms with Crippen molar-refractivity contribution >= 4 is 28.9 Å². The summed E-state index contributed by atoms with van der Waals surface area (Å²) >= 11 is 7.92. The molecule has 2 N–H and O–H groups in total. The smallest absolute Gasteiger partial charge is 0.245 e. The normalized spacial score (nSPS) is 25.3. The first-order valence-corrected chi connectivity index (χ1v) is 8.63. The van der Waals surface area contributed by atoms with Gasteiger partial charge >= 0.3 is 0 Å². The molecule has 2 aliphatic rings. The van der Waals surface area contributed by atoms with E-state index in [2.05, 4.69) is 25.4 Å². The van der Waals surface area contributed by atoms with Crippen LogP contribution in [0.4, 0.5) is 5.95 Å². The second kappa shape index (κ2) is 5.26. The van der Waals surface area contributed by atoms with E-state index < -0.39 is 0 Å². The molecule has 0 radical (unpaired) electrons. The van der Waals surface area contributed by atoms with Crippen molar-refractivity contribution in [1.29, 1.82) is 0 Å². The lowest BCUT2D eigenvalue weighted by molar-refractivity contribution is 0.340. The second-order valence-electron chi connectivity index (χ2n) is 5.91. The summed E-state index contributed by atoms with van der Waals surface area (Å²) in [5, 5.41) is 13.9. The zero-order valence-corrected chi connectivity index (χ0v) is 13.5. The maximum Gasteiger partial charge on any atom is 0.245 e. The number of hydrogen-bond acceptors (Lipinski definition) is 5. The minimum atomic E-state index is 0.591. The van der Waals surface area contributed by atoms with Gasteiger partial charge in [0.2, 0.25) is 5.95 Å². The van der Waals surface area contributed by atoms with Crippen LogP contribution in [0.15, 0.2) is 5.38 Å². The van der Waals surface area contributed by atoms with Gasteiger partial charge in [-0.25, -0.2) is 0 Å². The van der Waals surface area contributed by atoms with E-state index in [1.54, 1.807) is 11.3 Å². The van der Waals surface area contributed by atoms with Crippen LogP contribution >= 0.6 is 22.9 Å². The number of aromatic amines is 1. The van der Waals surface area contributed by atoms with Gasteiger partial charge in [-0.2, -0.15) is 4.98 Å². The van der Waals surface area contributed by atoms with E-state index in [0.717, 1.165) is 52.8 Å². The topological polar surface area (TPSA) is 56.8 Å². The number of aryl methyl sites for hydroxylation is 1. The van der Waals surface area contributed by atoms with E-state index in [0.29, 0.717) is 6.04 Å². The fourth-order valence-electron chi connectivity index (χ4n) is 3.30. The first-order chi connectivity index (χ1) is 10.2. The van der Waals surface area contributed by atoms with Crippen molar-refractivity contribution in [1.82, 2.24) is 20.5 Å². The fraction of sp³-hybridized carbons (Fsp3) is 0.571. The molecule has 0 bridgehead atoms. The molecule has 2 aromatic heterocycles. The number of piperidine rings is 1. The Kier molecular flexibility index (Phi) is 3.40. The first-order valence-electron chi connectivity index (χ1n) is 7.37. The number of hydrogen-bond donors (Lipinski definition) is 2. The average molecular weight is 324 g/mol. The molecule has 112 valence electrons. The Morgan fingerprint density at radius 3 is 3.10 bits per heavy atom. The van der Waals surface area contributed by atoms with Gasteiger partial charge in [0.1, 0.15) is 0 Å². The number of nitrogens with one attached hydrogen (secondary N) is 2. The van der Waals surface area contributed by atoms with Crippen molar-refractivity contribution in [3.63, 3.8) is 0 Å². The number of fused-ring (bicyclic) bond motifs is 1. The Morgan fingerprint density at radius 2 is 2.33 bits per heavy atom. The first kappa shape index (κ1) is 13.5. The molecule has 0 amide bonds. The summed E-state index contributed by atoms with van der Waals surface area (Å²) in [6.07, 6.45) is 2.58. The maximum atomic E-state index is 6.31. The highest BCUT2D eigenvalue weighted by Crippen LogP contribution is 2.35. The van der Waals surface area contributed by atoms with Crippen LogP contribution in [0.3, 0.4) is 0 Å². The standard InChI is InChI=1S/C14H18ClN5S/c1-8-7-21-12(11(8)15)13-17-14(19-18-13)20-5-9-3-2-4-16-10(9)6-20/h7,9-10,16H,2-6H2,1H3,(H,17,18,19). The van der Waals surface area contributed by atoms with E-state index >= 15 is 0 Å². The zero-order valence-electron chi connectivity index (χ0n) is 11.9. The number of H-pyrrole nitrogens is 1. The van der Waals surface area contributed by atoms with Crippen molar-refractivity contribution in [2.45, 2.75) is 25.8 Å². The van der Waals surface area contributed by atoms with Gasteiger partial charge in [-0.1, -0.05) is 11.6 Å². The third kappa shape index (κ3) is 2.35. The van der Waals surface area contributed by atoms with Crippen LogP contribution in [-0.4, -0.2) is 40.9 Å². The molecular formula is C14H18ClN5S. The van der Waals surface area contributed by atoms with E-state index in [9.17, 15) is 0 Å². The number of thiophene rings is 1. The molecule has 4 heterocycles. The molecule has 0 aromatic carbocycles. The summed E-state index contributed by atoms with van der Waals surface area (Å²) in [7, 11) is 0. The quantitative estimate of drug-likeness (QED) is 0.892. The molecule has 0 spiro atoms. The van der Waals surface area contributed by atoms with E-state index in [-0.39, 0.29) is 0 Å². The third-order valence-corrected chi connectivity index (χ3v) is 6.17. The Hall–Kier alpha value is -1.11. The molecule has 2 unspecified atom stereocenters. The number of aromatic nitrogens is 3. The lowest BCUT2D eigenvalue weighted by Crippen LogP contribution is -2.40. The largest absolute Gasteiger partial charge is 0.338 e. The Labute approximate surface area is 132 Å². The van der Waals surface area contributed by atoms with E-state index in [1.165, 1.54) is 12.8 Å². The van der Waals surface area contributed by atoms with Gasteiger partial charge in [-0.05, 0) is 43.2 Å². The van der Waals surface area contributed by atoms with Crippen molar-refractivity contribution in [3.05, 3.63) is 16.0 Å². The molecule has 2 atom stereocenters. The highest BCUT2D eigenvalue weighted by atomic mass is 35.5. The monoisotopic (exact) mass is 323 g/mol. The molecule has 2 fully saturated rings. The highest BCUT2D eigenvalue weighted by molar-refractivity contribution is 7.14. The average Bonchev–Trinajstić information content (AvgIpc) is 3.18. The lowest BCUT2D eigenvalue weighted by atomic mass is 9.94. The fourth-order valence-corrected chi connectivity index (χ4v) is 4.52. The van der Waals surface area contributed by atoms with Gasteiger partial charge in [0.05, 0.1) is 9.90 Å². The molecule has 7 heteroatoms. The molecule has 5 nitrogen and oxygen atoms in total. The predicted octanol–water partition coefficient (Wildman–Crippen LogP) is 2.68. The molecule has 4 rings (SSSR count). The molecular weight excluding hydrogens is 306 g/mol. The number of rotatable bonds is 2. The van der Waals surface area contributed by atoms with Crippen LogP contribution in [-0.2, 0) is 0 Å². The Bertz CT molecular complexity index is 638. The molecule has 21 heavy (non-hydrogen) atoms. The molecule has 0 aliphatic carbocycles. The SMILES string of the molecule is Cc1csc(-c2nc(N3CC4CCCNC4C3)n[nH]2)c1Cl. The number of anilines is 1. The number of halogens is 1. The Balaban J connectivity index is 1.56. The molecule has 2 saturated heterocycles. The summed E-state index contributed by atoms with van der Waals surface area (Å²) in [5.74, 6) is 2.30. The van der Waals surface area contributed by atoms with Crippen molar-refractivity contribution in [2.24, 2.45) is 5.92 Å². The van der Waals surface area contributed by atoms with Crippen molar-refractivity contribution in [3.8, 4) is 10.7 Å². The summed E-state index contributed by atoms with van der Waals surface area (Å²) in [5.41, 5.74) is 1.09. The minimum absolute atomic E-state index is 0.591. The van der Waals surface area contributed by atoms with Crippen LogP contribution in [0.5, 0.6) is 0 Å².